The summed E-state index contributed by atoms with van der Waals surface area (Å²) < 4.78 is 34.9. The van der Waals surface area contributed by atoms with Crippen molar-refractivity contribution in [2.45, 2.75) is 46.1 Å². The first-order valence-electron chi connectivity index (χ1n) is 10.6. The van der Waals surface area contributed by atoms with Crippen LogP contribution in [0.15, 0.2) is 0 Å². The van der Waals surface area contributed by atoms with Crippen LogP contribution in [0.3, 0.4) is 0 Å². The van der Waals surface area contributed by atoms with Crippen LogP contribution in [0.25, 0.3) is 0 Å². The molecule has 0 aliphatic heterocycles. The molecule has 0 radical (unpaired) electrons. The standard InChI is InChI=1S/C15H36N2O7Si2.C4H8O2/c1-8-11-17(26(22-5,23-6)24-7)13-14(15(16)18)10-9-12-25(19-2,20-3)21-4;1-3(2)4(5)6/h14H,8-13H2,1-7H3,(H2,16,18);3H,1-2H3,(H,5,6). The molecule has 0 saturated heterocycles. The topological polar surface area (TPSA) is 139 Å². The van der Waals surface area contributed by atoms with E-state index in [9.17, 15) is 9.59 Å². The van der Waals surface area contributed by atoms with Gasteiger partial charge in [-0.2, -0.15) is 0 Å². The Labute approximate surface area is 195 Å². The fourth-order valence-electron chi connectivity index (χ4n) is 2.96. The van der Waals surface area contributed by atoms with E-state index in [-0.39, 0.29) is 17.7 Å². The van der Waals surface area contributed by atoms with E-state index in [2.05, 4.69) is 0 Å². The first-order chi connectivity index (χ1) is 15.0. The molecule has 32 heavy (non-hydrogen) atoms. The molecule has 0 saturated carbocycles. The second-order valence-electron chi connectivity index (χ2n) is 7.36. The number of rotatable bonds is 17. The molecule has 0 aromatic rings. The van der Waals surface area contributed by atoms with Gasteiger partial charge in [0.05, 0.1) is 5.92 Å². The summed E-state index contributed by atoms with van der Waals surface area (Å²) in [4.78, 5) is 21.7. The second-order valence-corrected chi connectivity index (χ2v) is 13.4. The van der Waals surface area contributed by atoms with Crippen molar-refractivity contribution in [3.63, 3.8) is 0 Å². The molecule has 0 bridgehead atoms. The molecule has 0 spiro atoms. The van der Waals surface area contributed by atoms with Gasteiger partial charge in [-0.1, -0.05) is 20.8 Å². The summed E-state index contributed by atoms with van der Waals surface area (Å²) in [6.45, 7) is 6.41. The van der Waals surface area contributed by atoms with E-state index in [1.807, 2.05) is 11.5 Å². The summed E-state index contributed by atoms with van der Waals surface area (Å²) >= 11 is 0. The molecule has 1 atom stereocenters. The van der Waals surface area contributed by atoms with Gasteiger partial charge in [0.1, 0.15) is 0 Å². The van der Waals surface area contributed by atoms with Crippen LogP contribution in [0.5, 0.6) is 0 Å². The molecule has 0 fully saturated rings. The van der Waals surface area contributed by atoms with Crippen LogP contribution in [-0.4, -0.2) is 95.1 Å². The third kappa shape index (κ3) is 11.3. The third-order valence-corrected chi connectivity index (χ3v) is 10.5. The van der Waals surface area contributed by atoms with E-state index in [0.717, 1.165) is 6.42 Å². The maximum Gasteiger partial charge on any atom is 0.598 e. The highest BCUT2D eigenvalue weighted by Gasteiger charge is 2.47. The number of carbonyl (C=O) groups is 2. The molecule has 11 nitrogen and oxygen atoms in total. The van der Waals surface area contributed by atoms with E-state index in [1.54, 1.807) is 56.5 Å². The smallest absolute Gasteiger partial charge is 0.481 e. The molecule has 0 rings (SSSR count). The van der Waals surface area contributed by atoms with Gasteiger partial charge in [0.2, 0.25) is 5.91 Å². The summed E-state index contributed by atoms with van der Waals surface area (Å²) in [5.74, 6) is -1.71. The van der Waals surface area contributed by atoms with E-state index < -0.39 is 23.7 Å². The van der Waals surface area contributed by atoms with E-state index >= 15 is 0 Å². The van der Waals surface area contributed by atoms with Crippen molar-refractivity contribution >= 4 is 29.6 Å². The van der Waals surface area contributed by atoms with E-state index in [0.29, 0.717) is 32.0 Å². The normalized spacial score (nSPS) is 13.1. The predicted octanol–water partition coefficient (Wildman–Crippen LogP) is 1.56. The lowest BCUT2D eigenvalue weighted by Crippen LogP contribution is -2.61. The highest BCUT2D eigenvalue weighted by Crippen LogP contribution is 2.22. The van der Waals surface area contributed by atoms with Crippen molar-refractivity contribution in [3.8, 4) is 0 Å². The Morgan fingerprint density at radius 3 is 1.66 bits per heavy atom. The largest absolute Gasteiger partial charge is 0.598 e. The van der Waals surface area contributed by atoms with E-state index in [4.69, 9.17) is 37.4 Å². The zero-order valence-electron chi connectivity index (χ0n) is 21.1. The van der Waals surface area contributed by atoms with Crippen molar-refractivity contribution in [2.75, 3.05) is 55.7 Å². The van der Waals surface area contributed by atoms with Gasteiger partial charge in [-0.25, -0.2) is 0 Å². The van der Waals surface area contributed by atoms with Gasteiger partial charge in [0.25, 0.3) is 0 Å². The van der Waals surface area contributed by atoms with Crippen LogP contribution in [0.2, 0.25) is 6.04 Å². The lowest BCUT2D eigenvalue weighted by Gasteiger charge is -2.36. The van der Waals surface area contributed by atoms with Crippen molar-refractivity contribution < 1.29 is 41.3 Å². The molecule has 192 valence electrons. The summed E-state index contributed by atoms with van der Waals surface area (Å²) in [7, 11) is 3.70. The average Bonchev–Trinajstić information content (AvgIpc) is 2.78. The summed E-state index contributed by atoms with van der Waals surface area (Å²) in [5, 5.41) is 7.99. The third-order valence-electron chi connectivity index (χ3n) is 4.96. The number of hydrogen-bond donors (Lipinski definition) is 2. The van der Waals surface area contributed by atoms with Crippen LogP contribution in [0, 0.1) is 11.8 Å². The number of hydrogen-bond acceptors (Lipinski definition) is 9. The molecule has 1 unspecified atom stereocenters. The molecule has 1 amide bonds. The second kappa shape index (κ2) is 17.6. The molecular formula is C19H44N2O9Si2. The minimum Gasteiger partial charge on any atom is -0.481 e. The Balaban J connectivity index is 0. The molecule has 0 aromatic carbocycles. The van der Waals surface area contributed by atoms with Gasteiger partial charge in [0.15, 0.2) is 0 Å². The average molecular weight is 501 g/mol. The Morgan fingerprint density at radius 2 is 1.38 bits per heavy atom. The number of aliphatic carboxylic acids is 1. The van der Waals surface area contributed by atoms with Crippen molar-refractivity contribution in [1.29, 1.82) is 0 Å². The molecular weight excluding hydrogens is 456 g/mol. The molecule has 3 N–H and O–H groups in total. The first-order valence-corrected chi connectivity index (χ1v) is 14.2. The Hall–Kier alpha value is -0.906. The van der Waals surface area contributed by atoms with E-state index in [1.165, 1.54) is 0 Å². The highest BCUT2D eigenvalue weighted by atomic mass is 28.4. The monoisotopic (exact) mass is 500 g/mol. The van der Waals surface area contributed by atoms with Gasteiger partial charge >= 0.3 is 23.7 Å². The Kier molecular flexibility index (Phi) is 18.2. The predicted molar refractivity (Wildman–Crippen MR) is 125 cm³/mol. The molecule has 0 aromatic heterocycles. The number of nitrogens with zero attached hydrogens (tertiary/aromatic N) is 1. The summed E-state index contributed by atoms with van der Waals surface area (Å²) in [5.41, 5.74) is 5.64. The Bertz CT molecular complexity index is 502. The van der Waals surface area contributed by atoms with Crippen LogP contribution in [0.4, 0.5) is 0 Å². The fraction of sp³-hybridized carbons (Fsp3) is 0.895. The van der Waals surface area contributed by atoms with Crippen LogP contribution >= 0.6 is 0 Å². The maximum atomic E-state index is 12.0. The zero-order valence-corrected chi connectivity index (χ0v) is 23.1. The summed E-state index contributed by atoms with van der Waals surface area (Å²) in [6, 6.07) is 0.607. The van der Waals surface area contributed by atoms with Gasteiger partial charge in [-0.3, -0.25) is 14.2 Å². The highest BCUT2D eigenvalue weighted by molar-refractivity contribution is 6.60. The van der Waals surface area contributed by atoms with Crippen molar-refractivity contribution in [3.05, 3.63) is 0 Å². The quantitative estimate of drug-likeness (QED) is 0.283. The van der Waals surface area contributed by atoms with Gasteiger partial charge in [0, 0.05) is 61.2 Å². The molecule has 0 heterocycles. The molecule has 0 aliphatic rings. The lowest BCUT2D eigenvalue weighted by atomic mass is 10.0. The SMILES string of the molecule is CC(C)C(=O)O.CCCN(CC(CCC[Si](OC)(OC)OC)C(N)=O)[Si](OC)(OC)OC. The van der Waals surface area contributed by atoms with Crippen LogP contribution in [0.1, 0.15) is 40.0 Å². The van der Waals surface area contributed by atoms with Crippen LogP contribution < -0.4 is 5.73 Å². The minimum absolute atomic E-state index is 0.231. The summed E-state index contributed by atoms with van der Waals surface area (Å²) in [6.07, 6.45) is 2.14. The number of amides is 1. The first kappa shape index (κ1) is 33.3. The van der Waals surface area contributed by atoms with Gasteiger partial charge < -0.3 is 37.4 Å². The van der Waals surface area contributed by atoms with Crippen molar-refractivity contribution in [1.82, 2.24) is 4.57 Å². The minimum atomic E-state index is -3.01. The lowest BCUT2D eigenvalue weighted by molar-refractivity contribution is -0.140. The Morgan fingerprint density at radius 1 is 0.938 bits per heavy atom. The number of nitrogens with two attached hydrogens (primary N) is 1. The van der Waals surface area contributed by atoms with Crippen LogP contribution in [-0.2, 0) is 36.1 Å². The number of carboxylic acid groups (broad SMARTS) is 1. The molecule has 0 aliphatic carbocycles. The molecule has 13 heteroatoms. The number of carbonyl (C=O) groups excluding carboxylic acids is 1. The fourth-order valence-corrected chi connectivity index (χ4v) is 6.92. The zero-order chi connectivity index (χ0) is 25.4. The van der Waals surface area contributed by atoms with Gasteiger partial charge in [-0.15, -0.1) is 0 Å². The van der Waals surface area contributed by atoms with Crippen molar-refractivity contribution in [2.24, 2.45) is 17.6 Å². The number of primary amides is 1. The van der Waals surface area contributed by atoms with Gasteiger partial charge in [-0.05, 0) is 25.8 Å². The number of carboxylic acids is 1. The maximum absolute atomic E-state index is 12.0.